The van der Waals surface area contributed by atoms with Crippen LogP contribution in [0.2, 0.25) is 0 Å². The zero-order chi connectivity index (χ0) is 12.0. The van der Waals surface area contributed by atoms with Crippen molar-refractivity contribution in [3.8, 4) is 21.3 Å². The van der Waals surface area contributed by atoms with E-state index in [4.69, 9.17) is 9.47 Å². The molecule has 0 radical (unpaired) electrons. The molecule has 0 saturated carbocycles. The van der Waals surface area contributed by atoms with Gasteiger partial charge < -0.3 is 9.47 Å². The van der Waals surface area contributed by atoms with E-state index < -0.39 is 0 Å². The molecule has 0 fully saturated rings. The number of fused-ring (bicyclic) bond motifs is 1. The number of thiophene rings is 2. The van der Waals surface area contributed by atoms with Gasteiger partial charge in [0.2, 0.25) is 0 Å². The smallest absolute Gasteiger partial charge is 0.181 e. The van der Waals surface area contributed by atoms with Gasteiger partial charge in [-0.05, 0) is 25.2 Å². The normalized spacial score (nSPS) is 14.1. The number of hydrogen-bond acceptors (Lipinski definition) is 4. The lowest BCUT2D eigenvalue weighted by Gasteiger charge is -2.16. The van der Waals surface area contributed by atoms with Crippen LogP contribution in [0.15, 0.2) is 6.07 Å². The van der Waals surface area contributed by atoms with Gasteiger partial charge in [0.1, 0.15) is 13.2 Å². The Kier molecular flexibility index (Phi) is 2.89. The van der Waals surface area contributed by atoms with Crippen LogP contribution in [0.25, 0.3) is 9.75 Å². The number of aryl methyl sites for hydroxylation is 2. The fraction of sp³-hybridized carbons (Fsp3) is 0.333. The lowest BCUT2D eigenvalue weighted by atomic mass is 10.3. The molecule has 2 nitrogen and oxygen atoms in total. The molecule has 0 N–H and O–H groups in total. The highest BCUT2D eigenvalue weighted by Crippen LogP contribution is 2.50. The summed E-state index contributed by atoms with van der Waals surface area (Å²) in [7, 11) is 2.80. The molecule has 0 aliphatic carbocycles. The Morgan fingerprint density at radius 1 is 1.06 bits per heavy atom. The Balaban J connectivity index is 2.18. The molecule has 2 aromatic rings. The Morgan fingerprint density at radius 2 is 1.76 bits per heavy atom. The van der Waals surface area contributed by atoms with E-state index in [1.54, 1.807) is 11.3 Å². The van der Waals surface area contributed by atoms with E-state index >= 15 is 0 Å². The molecule has 0 bridgehead atoms. The second kappa shape index (κ2) is 4.27. The Hall–Kier alpha value is -0.570. The summed E-state index contributed by atoms with van der Waals surface area (Å²) in [5.74, 6) is 1.87. The van der Waals surface area contributed by atoms with Gasteiger partial charge in [0.25, 0.3) is 0 Å². The average Bonchev–Trinajstić information content (AvgIpc) is 2.80. The third-order valence-electron chi connectivity index (χ3n) is 2.65. The molecule has 1 aliphatic rings. The highest BCUT2D eigenvalue weighted by atomic mass is 32.1. The van der Waals surface area contributed by atoms with Crippen molar-refractivity contribution < 1.29 is 9.47 Å². The van der Waals surface area contributed by atoms with Gasteiger partial charge in [-0.15, -0.1) is 31.9 Å². The third kappa shape index (κ3) is 1.88. The maximum atomic E-state index is 5.78. The summed E-state index contributed by atoms with van der Waals surface area (Å²) < 4.78 is 11.5. The van der Waals surface area contributed by atoms with Crippen LogP contribution >= 0.6 is 31.9 Å². The highest BCUT2D eigenvalue weighted by molar-refractivity contribution is 7.33. The summed E-state index contributed by atoms with van der Waals surface area (Å²) in [6.07, 6.45) is 0. The molecule has 0 saturated heterocycles. The van der Waals surface area contributed by atoms with Crippen molar-refractivity contribution in [3.05, 3.63) is 15.8 Å². The van der Waals surface area contributed by atoms with Gasteiger partial charge in [0.05, 0.1) is 9.75 Å². The molecule has 3 heterocycles. The van der Waals surface area contributed by atoms with Gasteiger partial charge in [-0.25, -0.2) is 0 Å². The quantitative estimate of drug-likeness (QED) is 0.748. The summed E-state index contributed by atoms with van der Waals surface area (Å²) in [5.41, 5.74) is 0. The first kappa shape index (κ1) is 11.5. The van der Waals surface area contributed by atoms with E-state index in [0.717, 1.165) is 11.5 Å². The van der Waals surface area contributed by atoms with Crippen LogP contribution in [0.3, 0.4) is 0 Å². The lowest BCUT2D eigenvalue weighted by Crippen LogP contribution is -2.15. The number of hydrogen-bond donors (Lipinski definition) is 0. The van der Waals surface area contributed by atoms with Gasteiger partial charge in [-0.2, -0.15) is 0 Å². The number of ether oxygens (including phenoxy) is 2. The summed E-state index contributed by atoms with van der Waals surface area (Å²) >= 11 is 3.57. The van der Waals surface area contributed by atoms with E-state index in [0.29, 0.717) is 13.2 Å². The van der Waals surface area contributed by atoms with Crippen LogP contribution in [0, 0.1) is 13.8 Å². The van der Waals surface area contributed by atoms with Gasteiger partial charge in [0, 0.05) is 9.75 Å². The van der Waals surface area contributed by atoms with Gasteiger partial charge in [-0.3, -0.25) is 0 Å². The molecule has 1 atom stereocenters. The first-order valence-corrected chi connectivity index (χ1v) is 7.63. The van der Waals surface area contributed by atoms with Crippen molar-refractivity contribution >= 4 is 37.2 Å². The monoisotopic (exact) mass is 284 g/mol. The minimum absolute atomic E-state index is 0.646. The van der Waals surface area contributed by atoms with E-state index in [1.165, 1.54) is 24.8 Å². The minimum Gasteiger partial charge on any atom is -0.485 e. The molecule has 2 aromatic heterocycles. The second-order valence-corrected chi connectivity index (χ2v) is 7.09. The summed E-state index contributed by atoms with van der Waals surface area (Å²) in [6, 6.07) is 2.19. The maximum absolute atomic E-state index is 5.78. The van der Waals surface area contributed by atoms with E-state index in [-0.39, 0.29) is 0 Å². The standard InChI is InChI=1S/C12H13O2PS2/c1-6-5-8(15)11(16-6)12-10-9(7(2)17-12)13-3-4-14-10/h5H,3-4,15H2,1-2H3. The Morgan fingerprint density at radius 3 is 2.41 bits per heavy atom. The second-order valence-electron chi connectivity index (χ2n) is 3.98. The fourth-order valence-electron chi connectivity index (χ4n) is 1.96. The van der Waals surface area contributed by atoms with Crippen molar-refractivity contribution in [3.63, 3.8) is 0 Å². The predicted molar refractivity (Wildman–Crippen MR) is 77.4 cm³/mol. The molecule has 1 unspecified atom stereocenters. The molecule has 0 aromatic carbocycles. The first-order chi connectivity index (χ1) is 8.16. The zero-order valence-electron chi connectivity index (χ0n) is 9.70. The van der Waals surface area contributed by atoms with E-state index in [2.05, 4.69) is 29.2 Å². The maximum Gasteiger partial charge on any atom is 0.181 e. The van der Waals surface area contributed by atoms with Gasteiger partial charge >= 0.3 is 0 Å². The van der Waals surface area contributed by atoms with Crippen LogP contribution < -0.4 is 14.8 Å². The Labute approximate surface area is 111 Å². The SMILES string of the molecule is Cc1cc(P)c(-c2sc(C)c3c2OCCO3)s1. The van der Waals surface area contributed by atoms with E-state index in [9.17, 15) is 0 Å². The van der Waals surface area contributed by atoms with Gasteiger partial charge in [-0.1, -0.05) is 0 Å². The molecular weight excluding hydrogens is 271 g/mol. The van der Waals surface area contributed by atoms with Crippen molar-refractivity contribution in [1.82, 2.24) is 0 Å². The van der Waals surface area contributed by atoms with Crippen LogP contribution in [-0.4, -0.2) is 13.2 Å². The molecule has 1 aliphatic heterocycles. The van der Waals surface area contributed by atoms with Crippen molar-refractivity contribution in [2.75, 3.05) is 13.2 Å². The van der Waals surface area contributed by atoms with Crippen LogP contribution in [0.5, 0.6) is 11.5 Å². The summed E-state index contributed by atoms with van der Waals surface area (Å²) in [4.78, 5) is 5.01. The van der Waals surface area contributed by atoms with Crippen molar-refractivity contribution in [1.29, 1.82) is 0 Å². The highest BCUT2D eigenvalue weighted by Gasteiger charge is 2.24. The minimum atomic E-state index is 0.646. The topological polar surface area (TPSA) is 18.5 Å². The molecule has 0 amide bonds. The molecule has 0 spiro atoms. The zero-order valence-corrected chi connectivity index (χ0v) is 12.5. The fourth-order valence-corrected chi connectivity index (χ4v) is 4.88. The van der Waals surface area contributed by atoms with E-state index in [1.807, 2.05) is 11.3 Å². The molecule has 90 valence electrons. The first-order valence-electron chi connectivity index (χ1n) is 5.42. The average molecular weight is 284 g/mol. The third-order valence-corrected chi connectivity index (χ3v) is 5.62. The Bertz CT molecular complexity index is 571. The lowest BCUT2D eigenvalue weighted by molar-refractivity contribution is 0.173. The predicted octanol–water partition coefficient (Wildman–Crippen LogP) is 3.37. The number of rotatable bonds is 1. The summed E-state index contributed by atoms with van der Waals surface area (Å²) in [6.45, 7) is 5.52. The van der Waals surface area contributed by atoms with Crippen LogP contribution in [0.1, 0.15) is 9.75 Å². The largest absolute Gasteiger partial charge is 0.485 e. The summed E-state index contributed by atoms with van der Waals surface area (Å²) in [5, 5.41) is 1.24. The van der Waals surface area contributed by atoms with Crippen LogP contribution in [0.4, 0.5) is 0 Å². The molecule has 5 heteroatoms. The van der Waals surface area contributed by atoms with Crippen molar-refractivity contribution in [2.24, 2.45) is 0 Å². The molecule has 3 rings (SSSR count). The van der Waals surface area contributed by atoms with Crippen LogP contribution in [-0.2, 0) is 0 Å². The molecule has 17 heavy (non-hydrogen) atoms. The molecular formula is C12H13O2PS2. The van der Waals surface area contributed by atoms with Gasteiger partial charge in [0.15, 0.2) is 11.5 Å². The van der Waals surface area contributed by atoms with Crippen molar-refractivity contribution in [2.45, 2.75) is 13.8 Å².